The van der Waals surface area contributed by atoms with Crippen molar-refractivity contribution in [1.82, 2.24) is 5.32 Å². The molecule has 0 fully saturated rings. The molecule has 1 N–H and O–H groups in total. The average molecular weight is 383 g/mol. The first-order valence-corrected chi connectivity index (χ1v) is 7.92. The molecule has 0 aliphatic heterocycles. The molecule has 0 bridgehead atoms. The van der Waals surface area contributed by atoms with Crippen LogP contribution in [-0.4, -0.2) is 6.54 Å². The van der Waals surface area contributed by atoms with E-state index in [4.69, 9.17) is 0 Å². The van der Waals surface area contributed by atoms with Gasteiger partial charge in [0.15, 0.2) is 0 Å². The van der Waals surface area contributed by atoms with E-state index in [1.165, 1.54) is 17.2 Å². The summed E-state index contributed by atoms with van der Waals surface area (Å²) in [4.78, 5) is 0. The molecule has 2 aromatic rings. The smallest absolute Gasteiger partial charge is 0.124 e. The number of aryl methyl sites for hydroxylation is 1. The second-order valence-electron chi connectivity index (χ2n) is 4.97. The number of benzene rings is 2. The molecule has 0 saturated carbocycles. The van der Waals surface area contributed by atoms with Gasteiger partial charge in [0.1, 0.15) is 5.82 Å². The Morgan fingerprint density at radius 3 is 2.45 bits per heavy atom. The maximum atomic E-state index is 13.2. The van der Waals surface area contributed by atoms with Gasteiger partial charge in [-0.3, -0.25) is 0 Å². The Balaban J connectivity index is 2.24. The molecule has 0 spiro atoms. The Hall–Kier alpha value is -0.940. The highest BCUT2D eigenvalue weighted by Gasteiger charge is 2.14. The molecule has 0 aliphatic rings. The Kier molecular flexibility index (Phi) is 5.54. The van der Waals surface area contributed by atoms with E-state index in [9.17, 15) is 4.39 Å². The van der Waals surface area contributed by atoms with Crippen molar-refractivity contribution in [3.63, 3.8) is 0 Å². The molecule has 1 atom stereocenters. The molecule has 2 aromatic carbocycles. The van der Waals surface area contributed by atoms with Gasteiger partial charge in [-0.25, -0.2) is 4.39 Å². The monoisotopic (exact) mass is 383 g/mol. The van der Waals surface area contributed by atoms with Gasteiger partial charge in [0.05, 0.1) is 0 Å². The van der Waals surface area contributed by atoms with Crippen molar-refractivity contribution >= 4 is 22.6 Å². The van der Waals surface area contributed by atoms with Crippen LogP contribution in [0.3, 0.4) is 0 Å². The van der Waals surface area contributed by atoms with Crippen LogP contribution < -0.4 is 5.32 Å². The number of likely N-dealkylation sites (N-methyl/N-ethyl adjacent to an activating group) is 1. The summed E-state index contributed by atoms with van der Waals surface area (Å²) < 4.78 is 14.2. The maximum Gasteiger partial charge on any atom is 0.124 e. The zero-order chi connectivity index (χ0) is 14.5. The molecule has 0 saturated heterocycles. The Bertz CT molecular complexity index is 566. The Morgan fingerprint density at radius 2 is 1.85 bits per heavy atom. The Morgan fingerprint density at radius 1 is 1.15 bits per heavy atom. The lowest BCUT2D eigenvalue weighted by molar-refractivity contribution is 0.545. The van der Waals surface area contributed by atoms with Gasteiger partial charge in [-0.15, -0.1) is 0 Å². The minimum absolute atomic E-state index is 0.177. The van der Waals surface area contributed by atoms with Gasteiger partial charge in [-0.05, 0) is 65.7 Å². The molecule has 0 aromatic heterocycles. The fourth-order valence-electron chi connectivity index (χ4n) is 2.28. The standard InChI is InChI=1S/C17H19FIN/c1-3-20-17(10-13-6-4-12(2)5-7-13)15-9-8-14(18)11-16(15)19/h4-9,11,17,20H,3,10H2,1-2H3. The van der Waals surface area contributed by atoms with E-state index < -0.39 is 0 Å². The summed E-state index contributed by atoms with van der Waals surface area (Å²) in [5.41, 5.74) is 3.72. The summed E-state index contributed by atoms with van der Waals surface area (Å²) in [6, 6.07) is 13.8. The molecule has 1 unspecified atom stereocenters. The van der Waals surface area contributed by atoms with Gasteiger partial charge in [-0.2, -0.15) is 0 Å². The topological polar surface area (TPSA) is 12.0 Å². The molecular weight excluding hydrogens is 364 g/mol. The third-order valence-electron chi connectivity index (χ3n) is 3.35. The molecule has 0 radical (unpaired) electrons. The van der Waals surface area contributed by atoms with Crippen LogP contribution in [0.25, 0.3) is 0 Å². The molecule has 20 heavy (non-hydrogen) atoms. The number of halogens is 2. The quantitative estimate of drug-likeness (QED) is 0.743. The summed E-state index contributed by atoms with van der Waals surface area (Å²) in [6.45, 7) is 5.08. The van der Waals surface area contributed by atoms with Crippen LogP contribution in [0.5, 0.6) is 0 Å². The third-order valence-corrected chi connectivity index (χ3v) is 4.28. The van der Waals surface area contributed by atoms with Crippen molar-refractivity contribution in [3.8, 4) is 0 Å². The minimum Gasteiger partial charge on any atom is -0.310 e. The van der Waals surface area contributed by atoms with E-state index in [2.05, 4.69) is 66.0 Å². The molecule has 2 rings (SSSR count). The van der Waals surface area contributed by atoms with Crippen molar-refractivity contribution in [2.45, 2.75) is 26.3 Å². The second-order valence-corrected chi connectivity index (χ2v) is 6.13. The zero-order valence-corrected chi connectivity index (χ0v) is 13.9. The molecule has 3 heteroatoms. The highest BCUT2D eigenvalue weighted by atomic mass is 127. The predicted molar refractivity (Wildman–Crippen MR) is 90.4 cm³/mol. The van der Waals surface area contributed by atoms with Gasteiger partial charge >= 0.3 is 0 Å². The molecule has 0 aliphatic carbocycles. The lowest BCUT2D eigenvalue weighted by Gasteiger charge is -2.20. The van der Waals surface area contributed by atoms with Crippen LogP contribution in [0.15, 0.2) is 42.5 Å². The second kappa shape index (κ2) is 7.18. The van der Waals surface area contributed by atoms with E-state index in [1.54, 1.807) is 6.07 Å². The van der Waals surface area contributed by atoms with E-state index in [0.29, 0.717) is 0 Å². The van der Waals surface area contributed by atoms with Crippen LogP contribution in [0.1, 0.15) is 29.7 Å². The van der Waals surface area contributed by atoms with Crippen molar-refractivity contribution < 1.29 is 4.39 Å². The van der Waals surface area contributed by atoms with Gasteiger partial charge < -0.3 is 5.32 Å². The summed E-state index contributed by atoms with van der Waals surface area (Å²) in [7, 11) is 0. The fraction of sp³-hybridized carbons (Fsp3) is 0.294. The van der Waals surface area contributed by atoms with E-state index in [-0.39, 0.29) is 11.9 Å². The van der Waals surface area contributed by atoms with E-state index in [0.717, 1.165) is 22.1 Å². The zero-order valence-electron chi connectivity index (χ0n) is 11.8. The molecule has 1 nitrogen and oxygen atoms in total. The SMILES string of the molecule is CCNC(Cc1ccc(C)cc1)c1ccc(F)cc1I. The van der Waals surface area contributed by atoms with Crippen LogP contribution in [0.4, 0.5) is 4.39 Å². The molecular formula is C17H19FIN. The van der Waals surface area contributed by atoms with Crippen LogP contribution in [0, 0.1) is 16.3 Å². The number of hydrogen-bond donors (Lipinski definition) is 1. The van der Waals surface area contributed by atoms with Gasteiger partial charge in [0.25, 0.3) is 0 Å². The van der Waals surface area contributed by atoms with Gasteiger partial charge in [-0.1, -0.05) is 42.8 Å². The van der Waals surface area contributed by atoms with Crippen LogP contribution in [0.2, 0.25) is 0 Å². The predicted octanol–water partition coefficient (Wildman–Crippen LogP) is 4.63. The molecule has 106 valence electrons. The maximum absolute atomic E-state index is 13.2. The van der Waals surface area contributed by atoms with Gasteiger partial charge in [0, 0.05) is 9.61 Å². The van der Waals surface area contributed by atoms with E-state index in [1.807, 2.05) is 6.07 Å². The van der Waals surface area contributed by atoms with Crippen molar-refractivity contribution in [3.05, 3.63) is 68.5 Å². The highest BCUT2D eigenvalue weighted by Crippen LogP contribution is 2.24. The van der Waals surface area contributed by atoms with E-state index >= 15 is 0 Å². The summed E-state index contributed by atoms with van der Waals surface area (Å²) >= 11 is 2.21. The number of hydrogen-bond acceptors (Lipinski definition) is 1. The first-order chi connectivity index (χ1) is 9.60. The van der Waals surface area contributed by atoms with Crippen LogP contribution >= 0.6 is 22.6 Å². The third kappa shape index (κ3) is 4.03. The summed E-state index contributed by atoms with van der Waals surface area (Å²) in [6.07, 6.45) is 0.912. The Labute approximate surface area is 133 Å². The molecule has 0 amide bonds. The van der Waals surface area contributed by atoms with Crippen molar-refractivity contribution in [2.75, 3.05) is 6.54 Å². The van der Waals surface area contributed by atoms with Crippen LogP contribution in [-0.2, 0) is 6.42 Å². The molecule has 0 heterocycles. The van der Waals surface area contributed by atoms with Gasteiger partial charge in [0.2, 0.25) is 0 Å². The van der Waals surface area contributed by atoms with Crippen molar-refractivity contribution in [2.24, 2.45) is 0 Å². The normalized spacial score (nSPS) is 12.4. The number of nitrogens with one attached hydrogen (secondary N) is 1. The lowest BCUT2D eigenvalue weighted by Crippen LogP contribution is -2.23. The number of rotatable bonds is 5. The average Bonchev–Trinajstić information content (AvgIpc) is 2.41. The fourth-order valence-corrected chi connectivity index (χ4v) is 3.14. The highest BCUT2D eigenvalue weighted by molar-refractivity contribution is 14.1. The first-order valence-electron chi connectivity index (χ1n) is 6.84. The summed E-state index contributed by atoms with van der Waals surface area (Å²) in [5.74, 6) is -0.177. The van der Waals surface area contributed by atoms with Crippen molar-refractivity contribution in [1.29, 1.82) is 0 Å². The first kappa shape index (κ1) is 15.4. The largest absolute Gasteiger partial charge is 0.310 e. The summed E-state index contributed by atoms with van der Waals surface area (Å²) in [5, 5.41) is 3.50. The lowest BCUT2D eigenvalue weighted by atomic mass is 9.98. The minimum atomic E-state index is -0.177.